The summed E-state index contributed by atoms with van der Waals surface area (Å²) in [6.45, 7) is 6.45. The van der Waals surface area contributed by atoms with Crippen molar-refractivity contribution < 1.29 is 4.79 Å². The maximum atomic E-state index is 12.1. The van der Waals surface area contributed by atoms with E-state index >= 15 is 0 Å². The predicted molar refractivity (Wildman–Crippen MR) is 75.7 cm³/mol. The molecule has 0 unspecified atom stereocenters. The van der Waals surface area contributed by atoms with Crippen LogP contribution in [0, 0.1) is 11.8 Å². The first kappa shape index (κ1) is 14.1. The Labute approximate surface area is 115 Å². The molecule has 2 rings (SSSR count). The molecular weight excluding hydrogens is 238 g/mol. The summed E-state index contributed by atoms with van der Waals surface area (Å²) in [6.07, 6.45) is 8.47. The predicted octanol–water partition coefficient (Wildman–Crippen LogP) is 2.63. The Morgan fingerprint density at radius 3 is 2.79 bits per heavy atom. The molecule has 1 fully saturated rings. The highest BCUT2D eigenvalue weighted by molar-refractivity contribution is 5.76. The van der Waals surface area contributed by atoms with Crippen LogP contribution in [0.1, 0.15) is 45.2 Å². The fourth-order valence-corrected chi connectivity index (χ4v) is 2.91. The molecule has 1 aromatic heterocycles. The Kier molecular flexibility index (Phi) is 5.00. The van der Waals surface area contributed by atoms with Gasteiger partial charge in [0, 0.05) is 31.4 Å². The number of H-pyrrole nitrogens is 1. The van der Waals surface area contributed by atoms with Gasteiger partial charge < -0.3 is 9.88 Å². The molecule has 0 spiro atoms. The van der Waals surface area contributed by atoms with E-state index in [2.05, 4.69) is 23.8 Å². The van der Waals surface area contributed by atoms with Crippen molar-refractivity contribution >= 4 is 5.91 Å². The topological polar surface area (TPSA) is 49.0 Å². The van der Waals surface area contributed by atoms with Crippen LogP contribution in [0.15, 0.2) is 12.5 Å². The highest BCUT2D eigenvalue weighted by Crippen LogP contribution is 2.24. The molecule has 1 aliphatic heterocycles. The minimum absolute atomic E-state index is 0.289. The first-order valence-corrected chi connectivity index (χ1v) is 7.40. The van der Waals surface area contributed by atoms with Crippen molar-refractivity contribution in [3.8, 4) is 0 Å². The average molecular weight is 263 g/mol. The number of rotatable bonds is 5. The highest BCUT2D eigenvalue weighted by atomic mass is 16.2. The second-order valence-corrected chi connectivity index (χ2v) is 6.03. The number of amides is 1. The summed E-state index contributed by atoms with van der Waals surface area (Å²) in [5.41, 5.74) is 1.04. The highest BCUT2D eigenvalue weighted by Gasteiger charge is 2.22. The zero-order chi connectivity index (χ0) is 13.7. The largest absolute Gasteiger partial charge is 0.348 e. The summed E-state index contributed by atoms with van der Waals surface area (Å²) in [6, 6.07) is 0. The molecule has 0 radical (unpaired) electrons. The van der Waals surface area contributed by atoms with E-state index in [1.54, 1.807) is 12.5 Å². The molecule has 0 atom stereocenters. The second kappa shape index (κ2) is 6.73. The SMILES string of the molecule is CC(C)CC1CCN(C(=O)CCc2cnc[nH]2)CC1. The summed E-state index contributed by atoms with van der Waals surface area (Å²) in [4.78, 5) is 21.2. The Hall–Kier alpha value is -1.32. The van der Waals surface area contributed by atoms with Crippen molar-refractivity contribution in [2.24, 2.45) is 11.8 Å². The van der Waals surface area contributed by atoms with E-state index < -0.39 is 0 Å². The number of carbonyl (C=O) groups is 1. The number of carbonyl (C=O) groups excluding carboxylic acids is 1. The van der Waals surface area contributed by atoms with Crippen molar-refractivity contribution in [1.82, 2.24) is 14.9 Å². The van der Waals surface area contributed by atoms with Gasteiger partial charge in [-0.1, -0.05) is 13.8 Å². The molecule has 1 saturated heterocycles. The van der Waals surface area contributed by atoms with Gasteiger partial charge in [-0.2, -0.15) is 0 Å². The van der Waals surface area contributed by atoms with Gasteiger partial charge in [0.05, 0.1) is 6.33 Å². The maximum absolute atomic E-state index is 12.1. The van der Waals surface area contributed by atoms with Crippen molar-refractivity contribution in [2.45, 2.75) is 46.0 Å². The van der Waals surface area contributed by atoms with Gasteiger partial charge in [-0.3, -0.25) is 4.79 Å². The van der Waals surface area contributed by atoms with E-state index in [1.807, 2.05) is 4.90 Å². The number of nitrogens with one attached hydrogen (secondary N) is 1. The lowest BCUT2D eigenvalue weighted by molar-refractivity contribution is -0.132. The number of aromatic amines is 1. The number of hydrogen-bond donors (Lipinski definition) is 1. The minimum Gasteiger partial charge on any atom is -0.348 e. The lowest BCUT2D eigenvalue weighted by Crippen LogP contribution is -2.38. The van der Waals surface area contributed by atoms with Crippen LogP contribution in [0.5, 0.6) is 0 Å². The van der Waals surface area contributed by atoms with Gasteiger partial charge in [0.25, 0.3) is 0 Å². The van der Waals surface area contributed by atoms with Gasteiger partial charge in [-0.05, 0) is 37.5 Å². The lowest BCUT2D eigenvalue weighted by Gasteiger charge is -2.32. The van der Waals surface area contributed by atoms with Gasteiger partial charge >= 0.3 is 0 Å². The first-order valence-electron chi connectivity index (χ1n) is 7.40. The monoisotopic (exact) mass is 263 g/mol. The number of piperidine rings is 1. The van der Waals surface area contributed by atoms with Crippen molar-refractivity contribution in [3.63, 3.8) is 0 Å². The summed E-state index contributed by atoms with van der Waals surface area (Å²) in [7, 11) is 0. The Morgan fingerprint density at radius 1 is 1.47 bits per heavy atom. The molecule has 0 aliphatic carbocycles. The quantitative estimate of drug-likeness (QED) is 0.887. The Morgan fingerprint density at radius 2 is 2.21 bits per heavy atom. The molecule has 0 saturated carbocycles. The van der Waals surface area contributed by atoms with Crippen LogP contribution in [0.2, 0.25) is 0 Å². The molecule has 4 nitrogen and oxygen atoms in total. The molecule has 1 N–H and O–H groups in total. The normalized spacial score (nSPS) is 17.1. The number of hydrogen-bond acceptors (Lipinski definition) is 2. The van der Waals surface area contributed by atoms with E-state index in [0.29, 0.717) is 6.42 Å². The zero-order valence-corrected chi connectivity index (χ0v) is 12.1. The Bertz CT molecular complexity index is 378. The van der Waals surface area contributed by atoms with E-state index in [9.17, 15) is 4.79 Å². The summed E-state index contributed by atoms with van der Waals surface area (Å²) >= 11 is 0. The fourth-order valence-electron chi connectivity index (χ4n) is 2.91. The minimum atomic E-state index is 0.289. The van der Waals surface area contributed by atoms with Crippen LogP contribution in [-0.4, -0.2) is 33.9 Å². The van der Waals surface area contributed by atoms with Crippen molar-refractivity contribution in [1.29, 1.82) is 0 Å². The number of likely N-dealkylation sites (tertiary alicyclic amines) is 1. The van der Waals surface area contributed by atoms with Gasteiger partial charge in [0.2, 0.25) is 5.91 Å². The third-order valence-corrected chi connectivity index (χ3v) is 3.94. The van der Waals surface area contributed by atoms with Crippen LogP contribution in [0.4, 0.5) is 0 Å². The molecule has 1 aromatic rings. The van der Waals surface area contributed by atoms with Gasteiger partial charge in [0.1, 0.15) is 0 Å². The van der Waals surface area contributed by atoms with Crippen LogP contribution in [0.25, 0.3) is 0 Å². The van der Waals surface area contributed by atoms with Gasteiger partial charge in [-0.25, -0.2) is 4.98 Å². The Balaban J connectivity index is 1.70. The van der Waals surface area contributed by atoms with E-state index in [4.69, 9.17) is 0 Å². The van der Waals surface area contributed by atoms with E-state index in [-0.39, 0.29) is 5.91 Å². The van der Waals surface area contributed by atoms with Gasteiger partial charge in [0.15, 0.2) is 0 Å². The van der Waals surface area contributed by atoms with Crippen LogP contribution < -0.4 is 0 Å². The fraction of sp³-hybridized carbons (Fsp3) is 0.733. The molecule has 4 heteroatoms. The van der Waals surface area contributed by atoms with E-state index in [0.717, 1.165) is 37.0 Å². The zero-order valence-electron chi connectivity index (χ0n) is 12.1. The summed E-state index contributed by atoms with van der Waals surface area (Å²) in [5.74, 6) is 1.88. The number of nitrogens with zero attached hydrogens (tertiary/aromatic N) is 2. The standard InChI is InChI=1S/C15H25N3O/c1-12(2)9-13-5-7-18(8-6-13)15(19)4-3-14-10-16-11-17-14/h10-13H,3-9H2,1-2H3,(H,16,17). The maximum Gasteiger partial charge on any atom is 0.222 e. The third-order valence-electron chi connectivity index (χ3n) is 3.94. The van der Waals surface area contributed by atoms with Crippen LogP contribution >= 0.6 is 0 Å². The molecule has 1 amide bonds. The average Bonchev–Trinajstić information content (AvgIpc) is 2.89. The van der Waals surface area contributed by atoms with Gasteiger partial charge in [-0.15, -0.1) is 0 Å². The second-order valence-electron chi connectivity index (χ2n) is 6.03. The number of imidazole rings is 1. The number of aromatic nitrogens is 2. The third kappa shape index (κ3) is 4.37. The molecule has 19 heavy (non-hydrogen) atoms. The lowest BCUT2D eigenvalue weighted by atomic mass is 9.88. The summed E-state index contributed by atoms with van der Waals surface area (Å²) < 4.78 is 0. The van der Waals surface area contributed by atoms with Crippen molar-refractivity contribution in [3.05, 3.63) is 18.2 Å². The molecule has 106 valence electrons. The van der Waals surface area contributed by atoms with Crippen LogP contribution in [-0.2, 0) is 11.2 Å². The molecule has 2 heterocycles. The smallest absolute Gasteiger partial charge is 0.222 e. The van der Waals surface area contributed by atoms with E-state index in [1.165, 1.54) is 19.3 Å². The molecule has 1 aliphatic rings. The summed E-state index contributed by atoms with van der Waals surface area (Å²) in [5, 5.41) is 0. The molecule has 0 aromatic carbocycles. The van der Waals surface area contributed by atoms with Crippen molar-refractivity contribution in [2.75, 3.05) is 13.1 Å². The van der Waals surface area contributed by atoms with Crippen LogP contribution in [0.3, 0.4) is 0 Å². The molecule has 0 bridgehead atoms. The first-order chi connectivity index (χ1) is 9.15. The molecular formula is C15H25N3O. The number of aryl methyl sites for hydroxylation is 1.